The lowest BCUT2D eigenvalue weighted by atomic mass is 9.96. The molecule has 2 nitrogen and oxygen atoms in total. The average molecular weight is 674 g/mol. The van der Waals surface area contributed by atoms with Gasteiger partial charge < -0.3 is 9.32 Å². The molecule has 0 aliphatic carbocycles. The van der Waals surface area contributed by atoms with Crippen LogP contribution in [0.25, 0.3) is 84.2 Å². The first-order valence-electron chi connectivity index (χ1n) is 16.8. The maximum Gasteiger partial charge on any atom is 0.144 e. The first-order valence-corrected chi connectivity index (χ1v) is 18.5. The molecule has 0 bridgehead atoms. The normalized spacial score (nSPS) is 12.0. The lowest BCUT2D eigenvalue weighted by Crippen LogP contribution is -2.10. The molecule has 50 heavy (non-hydrogen) atoms. The topological polar surface area (TPSA) is 16.4 Å². The Morgan fingerprint density at radius 2 is 1.06 bits per heavy atom. The molecule has 0 aliphatic heterocycles. The van der Waals surface area contributed by atoms with Gasteiger partial charge in [0.25, 0.3) is 0 Å². The maximum atomic E-state index is 6.85. The second-order valence-corrected chi connectivity index (χ2v) is 14.9. The van der Waals surface area contributed by atoms with Crippen molar-refractivity contribution >= 4 is 113 Å². The Labute approximate surface area is 295 Å². The second-order valence-electron chi connectivity index (χ2n) is 12.8. The van der Waals surface area contributed by atoms with Gasteiger partial charge >= 0.3 is 0 Å². The highest BCUT2D eigenvalue weighted by Crippen LogP contribution is 2.52. The van der Waals surface area contributed by atoms with Gasteiger partial charge in [-0.15, -0.1) is 22.7 Å². The minimum absolute atomic E-state index is 0.920. The molecule has 234 valence electrons. The standard InChI is InChI=1S/C46H27NOS2/c1-3-15-30(16-4-1)47(31-17-5-2-6-18-31)38-24-23-33(45-42(38)37-25-28-13-7-8-14-29(28)26-41(37)50-45)35-27-36-32-19-10-12-22-40(32)49-46(36)43-34-20-9-11-21-39(34)48-44(35)43/h1-27H. The van der Waals surface area contributed by atoms with Crippen LogP contribution in [0.2, 0.25) is 0 Å². The molecule has 0 saturated carbocycles. The van der Waals surface area contributed by atoms with E-state index in [0.717, 1.165) is 39.2 Å². The number of benzene rings is 8. The summed E-state index contributed by atoms with van der Waals surface area (Å²) in [6, 6.07) is 59.2. The third kappa shape index (κ3) is 4.07. The smallest absolute Gasteiger partial charge is 0.144 e. The number of thiophene rings is 2. The number of anilines is 3. The minimum Gasteiger partial charge on any atom is -0.455 e. The monoisotopic (exact) mass is 673 g/mol. The molecule has 0 saturated heterocycles. The van der Waals surface area contributed by atoms with Gasteiger partial charge in [-0.2, -0.15) is 0 Å². The van der Waals surface area contributed by atoms with Crippen LogP contribution in [0.5, 0.6) is 0 Å². The molecule has 0 fully saturated rings. The first-order chi connectivity index (χ1) is 24.8. The van der Waals surface area contributed by atoms with Crippen molar-refractivity contribution in [3.8, 4) is 11.1 Å². The van der Waals surface area contributed by atoms with E-state index in [1.807, 2.05) is 22.7 Å². The molecule has 0 spiro atoms. The SMILES string of the molecule is c1ccc(N(c2ccccc2)c2ccc(-c3cc4c5ccccc5sc4c4c3oc3ccccc34)c3sc4cc5ccccc5cc4c23)cc1. The molecule has 11 rings (SSSR count). The summed E-state index contributed by atoms with van der Waals surface area (Å²) in [5.41, 5.74) is 7.60. The molecule has 0 amide bonds. The van der Waals surface area contributed by atoms with E-state index in [-0.39, 0.29) is 0 Å². The molecule has 0 unspecified atom stereocenters. The highest BCUT2D eigenvalue weighted by molar-refractivity contribution is 7.27. The first kappa shape index (κ1) is 28.0. The quantitative estimate of drug-likeness (QED) is 0.185. The van der Waals surface area contributed by atoms with Crippen molar-refractivity contribution in [3.05, 3.63) is 164 Å². The predicted octanol–water partition coefficient (Wildman–Crippen LogP) is 14.6. The molecular weight excluding hydrogens is 647 g/mol. The number of hydrogen-bond acceptors (Lipinski definition) is 4. The molecule has 3 aromatic heterocycles. The third-order valence-corrected chi connectivity index (χ3v) is 12.4. The molecule has 4 heteroatoms. The van der Waals surface area contributed by atoms with E-state index in [9.17, 15) is 0 Å². The molecule has 11 aromatic rings. The number of hydrogen-bond donors (Lipinski definition) is 0. The number of nitrogens with zero attached hydrogens (tertiary/aromatic N) is 1. The number of fused-ring (bicyclic) bond motifs is 11. The van der Waals surface area contributed by atoms with Crippen molar-refractivity contribution in [1.82, 2.24) is 0 Å². The van der Waals surface area contributed by atoms with E-state index in [2.05, 4.69) is 169 Å². The van der Waals surface area contributed by atoms with Crippen LogP contribution in [0.1, 0.15) is 0 Å². The molecule has 0 aliphatic rings. The lowest BCUT2D eigenvalue weighted by Gasteiger charge is -2.27. The van der Waals surface area contributed by atoms with E-state index in [1.54, 1.807) is 0 Å². The van der Waals surface area contributed by atoms with Crippen molar-refractivity contribution in [2.24, 2.45) is 0 Å². The predicted molar refractivity (Wildman–Crippen MR) is 217 cm³/mol. The maximum absolute atomic E-state index is 6.85. The van der Waals surface area contributed by atoms with Crippen LogP contribution in [-0.2, 0) is 0 Å². The van der Waals surface area contributed by atoms with Crippen molar-refractivity contribution in [2.75, 3.05) is 4.90 Å². The zero-order valence-electron chi connectivity index (χ0n) is 26.8. The van der Waals surface area contributed by atoms with Crippen LogP contribution in [-0.4, -0.2) is 0 Å². The summed E-state index contributed by atoms with van der Waals surface area (Å²) in [4.78, 5) is 2.40. The molecule has 0 atom stereocenters. The summed E-state index contributed by atoms with van der Waals surface area (Å²) in [7, 11) is 0. The average Bonchev–Trinajstić information content (AvgIpc) is 3.86. The van der Waals surface area contributed by atoms with E-state index in [1.165, 1.54) is 62.1 Å². The number of para-hydroxylation sites is 3. The largest absolute Gasteiger partial charge is 0.455 e. The Morgan fingerprint density at radius 1 is 0.420 bits per heavy atom. The third-order valence-electron chi connectivity index (χ3n) is 10.0. The fourth-order valence-corrected chi connectivity index (χ4v) is 10.3. The zero-order chi connectivity index (χ0) is 32.8. The van der Waals surface area contributed by atoms with Gasteiger partial charge in [0.15, 0.2) is 0 Å². The molecule has 0 radical (unpaired) electrons. The van der Waals surface area contributed by atoms with Crippen molar-refractivity contribution < 1.29 is 4.42 Å². The summed E-state index contributed by atoms with van der Waals surface area (Å²) in [5.74, 6) is 0. The van der Waals surface area contributed by atoms with Crippen LogP contribution in [0.15, 0.2) is 168 Å². The van der Waals surface area contributed by atoms with Gasteiger partial charge in [-0.05, 0) is 71.4 Å². The molecular formula is C46H27NOS2. The van der Waals surface area contributed by atoms with E-state index in [0.29, 0.717) is 0 Å². The van der Waals surface area contributed by atoms with Crippen LogP contribution in [0.4, 0.5) is 17.1 Å². The van der Waals surface area contributed by atoms with Crippen LogP contribution >= 0.6 is 22.7 Å². The van der Waals surface area contributed by atoms with Crippen LogP contribution < -0.4 is 4.90 Å². The summed E-state index contributed by atoms with van der Waals surface area (Å²) in [5, 5.41) is 9.94. The van der Waals surface area contributed by atoms with Crippen molar-refractivity contribution in [3.63, 3.8) is 0 Å². The Kier molecular flexibility index (Phi) is 6.03. The Morgan fingerprint density at radius 3 is 1.84 bits per heavy atom. The van der Waals surface area contributed by atoms with Gasteiger partial charge in [0.1, 0.15) is 11.2 Å². The Balaban J connectivity index is 1.30. The Hall–Kier alpha value is -5.94. The highest BCUT2D eigenvalue weighted by Gasteiger charge is 2.25. The Bertz CT molecular complexity index is 3060. The van der Waals surface area contributed by atoms with Crippen molar-refractivity contribution in [2.45, 2.75) is 0 Å². The van der Waals surface area contributed by atoms with Gasteiger partial charge in [0.05, 0.1) is 5.69 Å². The molecule has 3 heterocycles. The van der Waals surface area contributed by atoms with Gasteiger partial charge in [-0.1, -0.05) is 103 Å². The van der Waals surface area contributed by atoms with Gasteiger partial charge in [0, 0.05) is 73.6 Å². The summed E-state index contributed by atoms with van der Waals surface area (Å²) >= 11 is 3.74. The zero-order valence-corrected chi connectivity index (χ0v) is 28.4. The summed E-state index contributed by atoms with van der Waals surface area (Å²) in [6.45, 7) is 0. The van der Waals surface area contributed by atoms with E-state index < -0.39 is 0 Å². The van der Waals surface area contributed by atoms with Gasteiger partial charge in [0.2, 0.25) is 0 Å². The van der Waals surface area contributed by atoms with Crippen LogP contribution in [0.3, 0.4) is 0 Å². The van der Waals surface area contributed by atoms with E-state index >= 15 is 0 Å². The highest BCUT2D eigenvalue weighted by atomic mass is 32.1. The fourth-order valence-electron chi connectivity index (χ4n) is 7.79. The second kappa shape index (κ2) is 10.8. The van der Waals surface area contributed by atoms with Crippen molar-refractivity contribution in [1.29, 1.82) is 0 Å². The number of furan rings is 1. The van der Waals surface area contributed by atoms with Gasteiger partial charge in [-0.3, -0.25) is 0 Å². The number of rotatable bonds is 4. The lowest BCUT2D eigenvalue weighted by molar-refractivity contribution is 0.670. The summed E-state index contributed by atoms with van der Waals surface area (Å²) < 4.78 is 11.9. The van der Waals surface area contributed by atoms with Crippen LogP contribution in [0, 0.1) is 0 Å². The fraction of sp³-hybridized carbons (Fsp3) is 0. The molecule has 8 aromatic carbocycles. The van der Waals surface area contributed by atoms with Gasteiger partial charge in [-0.25, -0.2) is 0 Å². The van der Waals surface area contributed by atoms with E-state index in [4.69, 9.17) is 4.42 Å². The minimum atomic E-state index is 0.920. The summed E-state index contributed by atoms with van der Waals surface area (Å²) in [6.07, 6.45) is 0. The molecule has 0 N–H and O–H groups in total.